The molecule has 2 amide bonds. The van der Waals surface area contributed by atoms with Crippen LogP contribution in [0.3, 0.4) is 0 Å². The molecule has 0 N–H and O–H groups in total. The monoisotopic (exact) mass is 356 g/mol. The van der Waals surface area contributed by atoms with E-state index < -0.39 is 5.79 Å². The van der Waals surface area contributed by atoms with Crippen LogP contribution < -0.4 is 4.90 Å². The maximum atomic E-state index is 12.4. The van der Waals surface area contributed by atoms with Gasteiger partial charge in [-0.1, -0.05) is 12.1 Å². The number of anilines is 1. The van der Waals surface area contributed by atoms with Crippen molar-refractivity contribution >= 4 is 23.6 Å². The van der Waals surface area contributed by atoms with Gasteiger partial charge in [-0.25, -0.2) is 0 Å². The molecule has 1 aromatic carbocycles. The highest BCUT2D eigenvalue weighted by molar-refractivity contribution is 5.95. The van der Waals surface area contributed by atoms with E-state index in [1.807, 2.05) is 40.1 Å². The van der Waals surface area contributed by atoms with Gasteiger partial charge in [-0.3, -0.25) is 9.59 Å². The molecule has 26 heavy (non-hydrogen) atoms. The smallest absolute Gasteiger partial charge is 0.246 e. The van der Waals surface area contributed by atoms with Crippen LogP contribution in [-0.2, 0) is 19.1 Å². The summed E-state index contributed by atoms with van der Waals surface area (Å²) in [7, 11) is 0. The van der Waals surface area contributed by atoms with Gasteiger partial charge < -0.3 is 19.3 Å². The van der Waals surface area contributed by atoms with Gasteiger partial charge in [0.15, 0.2) is 5.79 Å². The highest BCUT2D eigenvalue weighted by atomic mass is 16.7. The van der Waals surface area contributed by atoms with Gasteiger partial charge in [-0.15, -0.1) is 0 Å². The molecule has 0 aromatic heterocycles. The third kappa shape index (κ3) is 3.52. The average molecular weight is 356 g/mol. The van der Waals surface area contributed by atoms with E-state index in [0.717, 1.165) is 37.1 Å². The van der Waals surface area contributed by atoms with Gasteiger partial charge in [0.25, 0.3) is 0 Å². The van der Waals surface area contributed by atoms with E-state index >= 15 is 0 Å². The van der Waals surface area contributed by atoms with Crippen LogP contribution in [0.4, 0.5) is 5.69 Å². The fourth-order valence-electron chi connectivity index (χ4n) is 3.81. The van der Waals surface area contributed by atoms with Crippen LogP contribution in [0.15, 0.2) is 30.3 Å². The Hall–Kier alpha value is -2.18. The largest absolute Gasteiger partial charge is 0.347 e. The molecule has 0 atom stereocenters. The molecule has 3 saturated heterocycles. The molecule has 0 unspecified atom stereocenters. The highest BCUT2D eigenvalue weighted by Gasteiger charge is 2.40. The molecule has 1 aromatic rings. The predicted octanol–water partition coefficient (Wildman–Crippen LogP) is 2.19. The van der Waals surface area contributed by atoms with Gasteiger partial charge in [0.2, 0.25) is 11.8 Å². The number of carbonyl (C=O) groups excluding carboxylic acids is 2. The molecular weight excluding hydrogens is 332 g/mol. The van der Waals surface area contributed by atoms with E-state index in [1.54, 1.807) is 6.08 Å². The number of amides is 2. The summed E-state index contributed by atoms with van der Waals surface area (Å²) in [5.74, 6) is -0.262. The van der Waals surface area contributed by atoms with Crippen LogP contribution in [-0.4, -0.2) is 55.3 Å². The van der Waals surface area contributed by atoms with Crippen molar-refractivity contribution in [3.8, 4) is 0 Å². The number of hydrogen-bond donors (Lipinski definition) is 0. The molecule has 4 rings (SSSR count). The number of rotatable bonds is 3. The van der Waals surface area contributed by atoms with Gasteiger partial charge in [0.1, 0.15) is 0 Å². The van der Waals surface area contributed by atoms with E-state index in [0.29, 0.717) is 32.7 Å². The van der Waals surface area contributed by atoms with Crippen molar-refractivity contribution in [1.29, 1.82) is 0 Å². The molecule has 3 aliphatic heterocycles. The topological polar surface area (TPSA) is 59.1 Å². The van der Waals surface area contributed by atoms with Crippen molar-refractivity contribution < 1.29 is 19.1 Å². The van der Waals surface area contributed by atoms with E-state index in [4.69, 9.17) is 9.47 Å². The molecule has 1 spiro atoms. The number of carbonyl (C=O) groups is 2. The second kappa shape index (κ2) is 7.21. The fourth-order valence-corrected chi connectivity index (χ4v) is 3.81. The quantitative estimate of drug-likeness (QED) is 0.779. The van der Waals surface area contributed by atoms with Crippen LogP contribution >= 0.6 is 0 Å². The lowest BCUT2D eigenvalue weighted by Crippen LogP contribution is -2.46. The molecular formula is C20H24N2O4. The van der Waals surface area contributed by atoms with E-state index in [1.165, 1.54) is 0 Å². The minimum absolute atomic E-state index is 0.0108. The fraction of sp³-hybridized carbons (Fsp3) is 0.500. The number of piperidine rings is 1. The minimum Gasteiger partial charge on any atom is -0.347 e. The molecule has 0 aliphatic carbocycles. The Kier molecular flexibility index (Phi) is 4.78. The molecule has 0 bridgehead atoms. The second-order valence-electron chi connectivity index (χ2n) is 7.01. The van der Waals surface area contributed by atoms with E-state index in [-0.39, 0.29) is 11.8 Å². The summed E-state index contributed by atoms with van der Waals surface area (Å²) >= 11 is 0. The van der Waals surface area contributed by atoms with Crippen LogP contribution in [0.2, 0.25) is 0 Å². The standard InChI is InChI=1S/C20H24N2O4/c23-18(21-12-9-20(10-13-21)25-14-15-26-20)8-5-16-3-6-17(7-4-16)22-11-1-2-19(22)24/h3-8H,1-2,9-15H2/b8-5+. The minimum atomic E-state index is -0.455. The molecule has 3 aliphatic rings. The first kappa shape index (κ1) is 17.2. The van der Waals surface area contributed by atoms with Gasteiger partial charge in [-0.2, -0.15) is 0 Å². The maximum absolute atomic E-state index is 12.4. The Bertz CT molecular complexity index is 697. The van der Waals surface area contributed by atoms with Gasteiger partial charge in [0, 0.05) is 50.7 Å². The summed E-state index contributed by atoms with van der Waals surface area (Å²) in [6.07, 6.45) is 6.44. The zero-order valence-electron chi connectivity index (χ0n) is 14.9. The normalized spacial score (nSPS) is 22.7. The van der Waals surface area contributed by atoms with E-state index in [2.05, 4.69) is 0 Å². The third-order valence-corrected chi connectivity index (χ3v) is 5.35. The zero-order chi connectivity index (χ0) is 18.0. The van der Waals surface area contributed by atoms with Crippen molar-refractivity contribution in [3.05, 3.63) is 35.9 Å². The van der Waals surface area contributed by atoms with Gasteiger partial charge in [-0.05, 0) is 30.2 Å². The Balaban J connectivity index is 1.33. The van der Waals surface area contributed by atoms with Crippen LogP contribution in [0.25, 0.3) is 6.08 Å². The third-order valence-electron chi connectivity index (χ3n) is 5.35. The lowest BCUT2D eigenvalue weighted by atomic mass is 10.0. The lowest BCUT2D eigenvalue weighted by Gasteiger charge is -2.37. The molecule has 138 valence electrons. The molecule has 3 fully saturated rings. The molecule has 0 radical (unpaired) electrons. The Labute approximate surface area is 153 Å². The second-order valence-corrected chi connectivity index (χ2v) is 7.01. The van der Waals surface area contributed by atoms with Crippen LogP contribution in [0, 0.1) is 0 Å². The lowest BCUT2D eigenvalue weighted by molar-refractivity contribution is -0.186. The number of likely N-dealkylation sites (tertiary alicyclic amines) is 1. The van der Waals surface area contributed by atoms with Gasteiger partial charge in [0.05, 0.1) is 13.2 Å². The maximum Gasteiger partial charge on any atom is 0.246 e. The summed E-state index contributed by atoms with van der Waals surface area (Å²) in [5, 5.41) is 0. The predicted molar refractivity (Wildman–Crippen MR) is 97.5 cm³/mol. The average Bonchev–Trinajstić information content (AvgIpc) is 3.30. The number of hydrogen-bond acceptors (Lipinski definition) is 4. The Morgan fingerprint density at radius 1 is 1.04 bits per heavy atom. The van der Waals surface area contributed by atoms with Crippen molar-refractivity contribution in [1.82, 2.24) is 4.90 Å². The zero-order valence-corrected chi connectivity index (χ0v) is 14.9. The number of ether oxygens (including phenoxy) is 2. The van der Waals surface area contributed by atoms with Crippen molar-refractivity contribution in [2.24, 2.45) is 0 Å². The molecule has 0 saturated carbocycles. The van der Waals surface area contributed by atoms with Crippen LogP contribution in [0.5, 0.6) is 0 Å². The summed E-state index contributed by atoms with van der Waals surface area (Å²) in [4.78, 5) is 27.8. The SMILES string of the molecule is O=C(/C=C/c1ccc(N2CCCC2=O)cc1)N1CCC2(CC1)OCCO2. The first-order valence-electron chi connectivity index (χ1n) is 9.31. The molecule has 6 nitrogen and oxygen atoms in total. The highest BCUT2D eigenvalue weighted by Crippen LogP contribution is 2.31. The summed E-state index contributed by atoms with van der Waals surface area (Å²) in [5.41, 5.74) is 1.87. The number of benzene rings is 1. The summed E-state index contributed by atoms with van der Waals surface area (Å²) in [6.45, 7) is 3.38. The molecule has 3 heterocycles. The van der Waals surface area contributed by atoms with Crippen molar-refractivity contribution in [2.75, 3.05) is 37.7 Å². The van der Waals surface area contributed by atoms with Crippen molar-refractivity contribution in [2.45, 2.75) is 31.5 Å². The van der Waals surface area contributed by atoms with Crippen LogP contribution in [0.1, 0.15) is 31.2 Å². The Morgan fingerprint density at radius 2 is 1.73 bits per heavy atom. The number of nitrogens with zero attached hydrogens (tertiary/aromatic N) is 2. The summed E-state index contributed by atoms with van der Waals surface area (Å²) in [6, 6.07) is 7.76. The summed E-state index contributed by atoms with van der Waals surface area (Å²) < 4.78 is 11.4. The first-order chi connectivity index (χ1) is 12.7. The Morgan fingerprint density at radius 3 is 2.35 bits per heavy atom. The molecule has 6 heteroatoms. The van der Waals surface area contributed by atoms with Crippen molar-refractivity contribution in [3.63, 3.8) is 0 Å². The van der Waals surface area contributed by atoms with E-state index in [9.17, 15) is 9.59 Å². The first-order valence-corrected chi connectivity index (χ1v) is 9.31. The van der Waals surface area contributed by atoms with Gasteiger partial charge >= 0.3 is 0 Å².